The molecule has 2 N–H and O–H groups in total. The van der Waals surface area contributed by atoms with Crippen molar-refractivity contribution in [3.05, 3.63) is 50.6 Å². The third-order valence-electron chi connectivity index (χ3n) is 2.86. The lowest BCUT2D eigenvalue weighted by Gasteiger charge is -2.08. The predicted octanol–water partition coefficient (Wildman–Crippen LogP) is 3.81. The Balaban J connectivity index is 1.98. The zero-order valence-electron chi connectivity index (χ0n) is 11.3. The maximum absolute atomic E-state index is 11.9. The minimum absolute atomic E-state index is 0.00581. The van der Waals surface area contributed by atoms with Crippen LogP contribution in [0.4, 0.5) is 5.69 Å². The van der Waals surface area contributed by atoms with Crippen LogP contribution >= 0.6 is 27.3 Å². The van der Waals surface area contributed by atoms with Crippen molar-refractivity contribution in [1.82, 2.24) is 0 Å². The topological polar surface area (TPSA) is 83.5 Å². The molecule has 0 spiro atoms. The molecule has 7 heteroatoms. The van der Waals surface area contributed by atoms with Crippen molar-refractivity contribution in [2.45, 2.75) is 12.8 Å². The van der Waals surface area contributed by atoms with Gasteiger partial charge in [0, 0.05) is 17.3 Å². The number of Topliss-reactive ketones (excluding diaryl/α,β-unsaturated/α-hetero) is 1. The maximum atomic E-state index is 11.9. The van der Waals surface area contributed by atoms with Crippen molar-refractivity contribution in [2.75, 3.05) is 5.32 Å². The lowest BCUT2D eigenvalue weighted by molar-refractivity contribution is -0.116. The second-order valence-corrected chi connectivity index (χ2v) is 6.31. The van der Waals surface area contributed by atoms with Gasteiger partial charge in [-0.05, 0) is 29.6 Å². The number of benzene rings is 1. The minimum atomic E-state index is -1.13. The molecule has 1 amide bonds. The van der Waals surface area contributed by atoms with Crippen molar-refractivity contribution < 1.29 is 19.5 Å². The molecule has 1 aromatic heterocycles. The lowest BCUT2D eigenvalue weighted by atomic mass is 10.1. The molecule has 0 saturated carbocycles. The molecule has 0 unspecified atom stereocenters. The summed E-state index contributed by atoms with van der Waals surface area (Å²) in [6.07, 6.45) is 0.0944. The largest absolute Gasteiger partial charge is 0.478 e. The Labute approximate surface area is 139 Å². The smallest absolute Gasteiger partial charge is 0.337 e. The van der Waals surface area contributed by atoms with Crippen molar-refractivity contribution in [3.8, 4) is 0 Å². The van der Waals surface area contributed by atoms with Crippen molar-refractivity contribution >= 4 is 50.6 Å². The van der Waals surface area contributed by atoms with E-state index in [1.165, 1.54) is 23.5 Å². The van der Waals surface area contributed by atoms with Gasteiger partial charge in [-0.3, -0.25) is 9.59 Å². The highest BCUT2D eigenvalue weighted by Gasteiger charge is 2.14. The van der Waals surface area contributed by atoms with Crippen molar-refractivity contribution in [1.29, 1.82) is 0 Å². The van der Waals surface area contributed by atoms with Gasteiger partial charge in [0.25, 0.3) is 0 Å². The Morgan fingerprint density at radius 1 is 1.18 bits per heavy atom. The van der Waals surface area contributed by atoms with Crippen LogP contribution in [0.5, 0.6) is 0 Å². The second-order valence-electron chi connectivity index (χ2n) is 4.44. The molecule has 0 atom stereocenters. The number of carbonyl (C=O) groups excluding carboxylic acids is 2. The molecule has 0 bridgehead atoms. The van der Waals surface area contributed by atoms with E-state index in [4.69, 9.17) is 5.11 Å². The van der Waals surface area contributed by atoms with Gasteiger partial charge in [-0.15, -0.1) is 11.3 Å². The molecule has 0 saturated heterocycles. The fourth-order valence-electron chi connectivity index (χ4n) is 1.80. The fourth-order valence-corrected chi connectivity index (χ4v) is 2.86. The summed E-state index contributed by atoms with van der Waals surface area (Å²) in [6.45, 7) is 0. The first-order valence-electron chi connectivity index (χ1n) is 6.37. The second kappa shape index (κ2) is 7.33. The summed E-state index contributed by atoms with van der Waals surface area (Å²) >= 11 is 4.51. The Morgan fingerprint density at radius 2 is 1.95 bits per heavy atom. The van der Waals surface area contributed by atoms with E-state index in [1.54, 1.807) is 23.6 Å². The molecule has 0 aliphatic heterocycles. The van der Waals surface area contributed by atoms with E-state index in [1.807, 2.05) is 0 Å². The molecule has 2 aromatic rings. The first-order valence-corrected chi connectivity index (χ1v) is 8.04. The zero-order chi connectivity index (χ0) is 16.1. The maximum Gasteiger partial charge on any atom is 0.337 e. The molecule has 0 aliphatic carbocycles. The first-order chi connectivity index (χ1) is 10.5. The normalized spacial score (nSPS) is 10.2. The number of carboxylic acid groups (broad SMARTS) is 1. The number of aromatic carboxylic acids is 1. The van der Waals surface area contributed by atoms with Crippen LogP contribution in [0.15, 0.2) is 40.2 Å². The zero-order valence-corrected chi connectivity index (χ0v) is 13.7. The van der Waals surface area contributed by atoms with Crippen LogP contribution in [-0.4, -0.2) is 22.8 Å². The summed E-state index contributed by atoms with van der Waals surface area (Å²) in [5, 5.41) is 13.5. The highest BCUT2D eigenvalue weighted by Crippen LogP contribution is 2.21. The number of nitrogens with one attached hydrogen (secondary N) is 1. The number of rotatable bonds is 6. The van der Waals surface area contributed by atoms with Crippen LogP contribution in [0.25, 0.3) is 0 Å². The van der Waals surface area contributed by atoms with E-state index in [2.05, 4.69) is 21.2 Å². The van der Waals surface area contributed by atoms with Crippen LogP contribution in [0.3, 0.4) is 0 Å². The Morgan fingerprint density at radius 3 is 2.59 bits per heavy atom. The average Bonchev–Trinajstić information content (AvgIpc) is 3.00. The molecular formula is C15H12BrNO4S. The summed E-state index contributed by atoms with van der Waals surface area (Å²) in [4.78, 5) is 35.5. The number of hydrogen-bond acceptors (Lipinski definition) is 4. The summed E-state index contributed by atoms with van der Waals surface area (Å²) in [5.41, 5.74) is 0.205. The van der Waals surface area contributed by atoms with E-state index >= 15 is 0 Å². The molecule has 114 valence electrons. The Hall–Kier alpha value is -1.99. The first kappa shape index (κ1) is 16.4. The number of amides is 1. The standard InChI is InChI=1S/C15H12BrNO4S/c16-9-3-4-11(10(8-9)15(20)21)17-14(19)6-5-12(18)13-2-1-7-22-13/h1-4,7-8H,5-6H2,(H,17,19)(H,20,21). The molecule has 1 aromatic carbocycles. The van der Waals surface area contributed by atoms with E-state index in [9.17, 15) is 14.4 Å². The Kier molecular flexibility index (Phi) is 5.46. The quantitative estimate of drug-likeness (QED) is 0.745. The van der Waals surface area contributed by atoms with Crippen molar-refractivity contribution in [3.63, 3.8) is 0 Å². The number of ketones is 1. The fraction of sp³-hybridized carbons (Fsp3) is 0.133. The highest BCUT2D eigenvalue weighted by molar-refractivity contribution is 9.10. The summed E-state index contributed by atoms with van der Waals surface area (Å²) in [7, 11) is 0. The third-order valence-corrected chi connectivity index (χ3v) is 4.27. The lowest BCUT2D eigenvalue weighted by Crippen LogP contribution is -2.15. The van der Waals surface area contributed by atoms with Crippen LogP contribution in [0.1, 0.15) is 32.9 Å². The number of thiophene rings is 1. The van der Waals surface area contributed by atoms with Crippen LogP contribution < -0.4 is 5.32 Å². The van der Waals surface area contributed by atoms with Gasteiger partial charge in [0.1, 0.15) is 0 Å². The van der Waals surface area contributed by atoms with Crippen LogP contribution in [0.2, 0.25) is 0 Å². The summed E-state index contributed by atoms with van der Waals surface area (Å²) in [5.74, 6) is -1.62. The average molecular weight is 382 g/mol. The monoisotopic (exact) mass is 381 g/mol. The van der Waals surface area contributed by atoms with Gasteiger partial charge in [-0.1, -0.05) is 22.0 Å². The van der Waals surface area contributed by atoms with Gasteiger partial charge in [0.2, 0.25) is 5.91 Å². The highest BCUT2D eigenvalue weighted by atomic mass is 79.9. The van der Waals surface area contributed by atoms with E-state index < -0.39 is 11.9 Å². The van der Waals surface area contributed by atoms with E-state index in [0.29, 0.717) is 9.35 Å². The number of halogens is 1. The van der Waals surface area contributed by atoms with E-state index in [0.717, 1.165) is 0 Å². The van der Waals surface area contributed by atoms with Gasteiger partial charge in [-0.25, -0.2) is 4.79 Å². The molecule has 2 rings (SSSR count). The number of hydrogen-bond donors (Lipinski definition) is 2. The Bertz CT molecular complexity index is 712. The molecule has 1 heterocycles. The molecule has 22 heavy (non-hydrogen) atoms. The van der Waals surface area contributed by atoms with Gasteiger partial charge < -0.3 is 10.4 Å². The van der Waals surface area contributed by atoms with Crippen molar-refractivity contribution in [2.24, 2.45) is 0 Å². The van der Waals surface area contributed by atoms with Gasteiger partial charge in [-0.2, -0.15) is 0 Å². The SMILES string of the molecule is O=C(CCC(=O)c1cccs1)Nc1ccc(Br)cc1C(=O)O. The van der Waals surface area contributed by atoms with Crippen LogP contribution in [0, 0.1) is 0 Å². The number of carboxylic acids is 1. The van der Waals surface area contributed by atoms with Gasteiger partial charge >= 0.3 is 5.97 Å². The minimum Gasteiger partial charge on any atom is -0.478 e. The predicted molar refractivity (Wildman–Crippen MR) is 87.6 cm³/mol. The van der Waals surface area contributed by atoms with Gasteiger partial charge in [0.05, 0.1) is 16.1 Å². The summed E-state index contributed by atoms with van der Waals surface area (Å²) < 4.78 is 0.607. The molecule has 0 fully saturated rings. The van der Waals surface area contributed by atoms with Crippen LogP contribution in [-0.2, 0) is 4.79 Å². The third kappa shape index (κ3) is 4.25. The molecule has 0 aliphatic rings. The molecule has 0 radical (unpaired) electrons. The molecule has 5 nitrogen and oxygen atoms in total. The number of anilines is 1. The van der Waals surface area contributed by atoms with Gasteiger partial charge in [0.15, 0.2) is 5.78 Å². The molecular weight excluding hydrogens is 370 g/mol. The van der Waals surface area contributed by atoms with E-state index in [-0.39, 0.29) is 29.9 Å². The summed E-state index contributed by atoms with van der Waals surface area (Å²) in [6, 6.07) is 8.04. The number of carbonyl (C=O) groups is 3.